The van der Waals surface area contributed by atoms with Crippen molar-refractivity contribution in [1.82, 2.24) is 0 Å². The first-order chi connectivity index (χ1) is 27.0. The van der Waals surface area contributed by atoms with Crippen molar-refractivity contribution in [3.63, 3.8) is 0 Å². The van der Waals surface area contributed by atoms with Crippen LogP contribution in [0, 0.1) is 0 Å². The molecule has 2 heteroatoms. The van der Waals surface area contributed by atoms with Crippen LogP contribution in [0.5, 0.6) is 0 Å². The van der Waals surface area contributed by atoms with E-state index in [9.17, 15) is 0 Å². The van der Waals surface area contributed by atoms with E-state index in [0.29, 0.717) is 0 Å². The van der Waals surface area contributed by atoms with Crippen LogP contribution < -0.4 is 9.80 Å². The van der Waals surface area contributed by atoms with Crippen LogP contribution in [0.15, 0.2) is 206 Å². The van der Waals surface area contributed by atoms with E-state index in [2.05, 4.69) is 230 Å². The highest BCUT2D eigenvalue weighted by Gasteiger charge is 2.35. The second kappa shape index (κ2) is 13.2. The number of nitrogens with zero attached hydrogens (tertiary/aromatic N) is 2. The third-order valence-corrected chi connectivity index (χ3v) is 11.4. The Hall–Kier alpha value is -6.90. The van der Waals surface area contributed by atoms with Crippen molar-refractivity contribution in [2.24, 2.45) is 0 Å². The van der Waals surface area contributed by atoms with Gasteiger partial charge >= 0.3 is 0 Å². The molecule has 0 N–H and O–H groups in total. The fraction of sp³-hybridized carbons (Fsp3) is 0.0566. The van der Waals surface area contributed by atoms with Gasteiger partial charge in [-0.15, -0.1) is 0 Å². The Morgan fingerprint density at radius 2 is 0.764 bits per heavy atom. The minimum Gasteiger partial charge on any atom is -0.310 e. The van der Waals surface area contributed by atoms with E-state index < -0.39 is 0 Å². The highest BCUT2D eigenvalue weighted by atomic mass is 15.1. The lowest BCUT2D eigenvalue weighted by Gasteiger charge is -2.29. The summed E-state index contributed by atoms with van der Waals surface area (Å²) in [4.78, 5) is 4.78. The summed E-state index contributed by atoms with van der Waals surface area (Å²) in [7, 11) is 0. The Morgan fingerprint density at radius 1 is 0.327 bits per heavy atom. The Labute approximate surface area is 323 Å². The van der Waals surface area contributed by atoms with Crippen molar-refractivity contribution in [3.05, 3.63) is 217 Å². The molecule has 0 bridgehead atoms. The van der Waals surface area contributed by atoms with Crippen LogP contribution in [-0.2, 0) is 5.41 Å². The number of fused-ring (bicyclic) bond motifs is 5. The molecule has 0 atom stereocenters. The number of hydrogen-bond acceptors (Lipinski definition) is 2. The molecule has 0 saturated carbocycles. The fourth-order valence-electron chi connectivity index (χ4n) is 8.68. The van der Waals surface area contributed by atoms with Gasteiger partial charge in [-0.25, -0.2) is 0 Å². The molecule has 2 nitrogen and oxygen atoms in total. The molecular weight excluding hydrogens is 665 g/mol. The zero-order valence-corrected chi connectivity index (χ0v) is 31.0. The van der Waals surface area contributed by atoms with E-state index >= 15 is 0 Å². The predicted octanol–water partition coefficient (Wildman–Crippen LogP) is 14.9. The summed E-state index contributed by atoms with van der Waals surface area (Å²) in [5.74, 6) is 0. The highest BCUT2D eigenvalue weighted by molar-refractivity contribution is 6.00. The van der Waals surface area contributed by atoms with E-state index in [1.807, 2.05) is 0 Å². The van der Waals surface area contributed by atoms with Crippen molar-refractivity contribution >= 4 is 55.7 Å². The minimum atomic E-state index is -0.0912. The second-order valence-corrected chi connectivity index (χ2v) is 15.0. The summed E-state index contributed by atoms with van der Waals surface area (Å²) in [6.07, 6.45) is 0. The lowest BCUT2D eigenvalue weighted by Crippen LogP contribution is -2.16. The maximum absolute atomic E-state index is 2.43. The molecule has 0 saturated heterocycles. The average Bonchev–Trinajstić information content (AvgIpc) is 3.47. The van der Waals surface area contributed by atoms with Gasteiger partial charge in [-0.1, -0.05) is 159 Å². The Bertz CT molecular complexity index is 2820. The first-order valence-corrected chi connectivity index (χ1v) is 19.1. The van der Waals surface area contributed by atoms with E-state index in [1.165, 1.54) is 54.9 Å². The highest BCUT2D eigenvalue weighted by Crippen LogP contribution is 2.51. The van der Waals surface area contributed by atoms with Gasteiger partial charge in [0.05, 0.1) is 11.4 Å². The Morgan fingerprint density at radius 3 is 1.36 bits per heavy atom. The van der Waals surface area contributed by atoms with E-state index in [0.717, 1.165) is 34.1 Å². The number of benzene rings is 9. The molecule has 1 aliphatic carbocycles. The van der Waals surface area contributed by atoms with E-state index in [1.54, 1.807) is 0 Å². The van der Waals surface area contributed by atoms with Crippen molar-refractivity contribution in [3.8, 4) is 22.3 Å². The SMILES string of the molecule is CC1(C)c2ccccc2-c2ccc(N(c3ccc(-c4ccc(N(c5ccccc5)c5cccc6ccccc56)cc4)cc3)c3cccc4ccccc34)cc21. The minimum absolute atomic E-state index is 0.0912. The standard InChI is InChI=1S/C53H40N2/c1-53(2)49-23-11-10-22-47(49)48-35-34-44(36-50(48)53)55(52-25-13-17-40-15-7-9-21-46(40)52)43-32-28-38(29-33-43)37-26-30-42(31-27-37)54(41-18-4-3-5-19-41)51-24-12-16-39-14-6-8-20-45(39)51/h3-36H,1-2H3. The summed E-state index contributed by atoms with van der Waals surface area (Å²) >= 11 is 0. The molecule has 0 unspecified atom stereocenters. The smallest absolute Gasteiger partial charge is 0.0540 e. The molecule has 9 aromatic rings. The van der Waals surface area contributed by atoms with Crippen molar-refractivity contribution in [2.75, 3.05) is 9.80 Å². The fourth-order valence-corrected chi connectivity index (χ4v) is 8.68. The molecule has 0 aromatic heterocycles. The molecule has 0 spiro atoms. The van der Waals surface area contributed by atoms with Gasteiger partial charge in [0, 0.05) is 38.9 Å². The topological polar surface area (TPSA) is 6.48 Å². The number of hydrogen-bond donors (Lipinski definition) is 0. The molecule has 10 rings (SSSR count). The lowest BCUT2D eigenvalue weighted by molar-refractivity contribution is 0.660. The maximum Gasteiger partial charge on any atom is 0.0540 e. The normalized spacial score (nSPS) is 12.7. The van der Waals surface area contributed by atoms with Crippen molar-refractivity contribution < 1.29 is 0 Å². The monoisotopic (exact) mass is 704 g/mol. The van der Waals surface area contributed by atoms with Gasteiger partial charge in [0.1, 0.15) is 0 Å². The van der Waals surface area contributed by atoms with Crippen LogP contribution in [0.2, 0.25) is 0 Å². The molecule has 0 heterocycles. The number of anilines is 6. The Kier molecular flexibility index (Phi) is 7.85. The van der Waals surface area contributed by atoms with Gasteiger partial charge < -0.3 is 9.80 Å². The Balaban J connectivity index is 1.04. The van der Waals surface area contributed by atoms with Crippen molar-refractivity contribution in [2.45, 2.75) is 19.3 Å². The van der Waals surface area contributed by atoms with Crippen LogP contribution in [0.25, 0.3) is 43.8 Å². The maximum atomic E-state index is 2.43. The zero-order valence-electron chi connectivity index (χ0n) is 31.0. The second-order valence-electron chi connectivity index (χ2n) is 15.0. The quantitative estimate of drug-likeness (QED) is 0.163. The lowest BCUT2D eigenvalue weighted by atomic mass is 9.82. The van der Waals surface area contributed by atoms with Crippen LogP contribution in [0.1, 0.15) is 25.0 Å². The predicted molar refractivity (Wildman–Crippen MR) is 234 cm³/mol. The molecule has 0 aliphatic heterocycles. The molecule has 55 heavy (non-hydrogen) atoms. The van der Waals surface area contributed by atoms with Crippen LogP contribution in [0.4, 0.5) is 34.1 Å². The van der Waals surface area contributed by atoms with E-state index in [4.69, 9.17) is 0 Å². The average molecular weight is 705 g/mol. The van der Waals surface area contributed by atoms with Crippen LogP contribution in [-0.4, -0.2) is 0 Å². The molecule has 9 aromatic carbocycles. The summed E-state index contributed by atoms with van der Waals surface area (Å²) in [5, 5.41) is 4.90. The number of para-hydroxylation sites is 1. The molecule has 0 radical (unpaired) electrons. The third-order valence-electron chi connectivity index (χ3n) is 11.4. The van der Waals surface area contributed by atoms with Gasteiger partial charge in [0.15, 0.2) is 0 Å². The van der Waals surface area contributed by atoms with Gasteiger partial charge in [-0.2, -0.15) is 0 Å². The van der Waals surface area contributed by atoms with Gasteiger partial charge in [-0.3, -0.25) is 0 Å². The zero-order chi connectivity index (χ0) is 36.9. The van der Waals surface area contributed by atoms with Gasteiger partial charge in [-0.05, 0) is 105 Å². The summed E-state index contributed by atoms with van der Waals surface area (Å²) in [6.45, 7) is 4.70. The molecule has 0 amide bonds. The summed E-state index contributed by atoms with van der Waals surface area (Å²) < 4.78 is 0. The van der Waals surface area contributed by atoms with Crippen molar-refractivity contribution in [1.29, 1.82) is 0 Å². The summed E-state index contributed by atoms with van der Waals surface area (Å²) in [5.41, 5.74) is 14.5. The molecule has 1 aliphatic rings. The first kappa shape index (κ1) is 32.7. The first-order valence-electron chi connectivity index (χ1n) is 19.1. The van der Waals surface area contributed by atoms with Crippen LogP contribution in [0.3, 0.4) is 0 Å². The molecule has 262 valence electrons. The largest absolute Gasteiger partial charge is 0.310 e. The third kappa shape index (κ3) is 5.57. The van der Waals surface area contributed by atoms with Gasteiger partial charge in [0.25, 0.3) is 0 Å². The summed E-state index contributed by atoms with van der Waals surface area (Å²) in [6, 6.07) is 75.0. The number of rotatable bonds is 7. The molecular formula is C53H40N2. The molecule has 0 fully saturated rings. The van der Waals surface area contributed by atoms with Gasteiger partial charge in [0.2, 0.25) is 0 Å². The van der Waals surface area contributed by atoms with E-state index in [-0.39, 0.29) is 5.41 Å². The van der Waals surface area contributed by atoms with Crippen LogP contribution >= 0.6 is 0 Å².